The Kier molecular flexibility index (Phi) is 5.29. The Bertz CT molecular complexity index is 553. The van der Waals surface area contributed by atoms with Crippen molar-refractivity contribution in [3.63, 3.8) is 0 Å². The molecule has 0 N–H and O–H groups in total. The second kappa shape index (κ2) is 6.97. The molecule has 2 aromatic heterocycles. The quantitative estimate of drug-likeness (QED) is 0.598. The van der Waals surface area contributed by atoms with Crippen molar-refractivity contribution in [2.75, 3.05) is 12.9 Å². The highest BCUT2D eigenvalue weighted by Gasteiger charge is 2.16. The van der Waals surface area contributed by atoms with Gasteiger partial charge < -0.3 is 9.15 Å². The first-order valence-electron chi connectivity index (χ1n) is 5.48. The lowest BCUT2D eigenvalue weighted by molar-refractivity contribution is 0.0598. The molecule has 0 amide bonds. The van der Waals surface area contributed by atoms with Crippen LogP contribution in [0.25, 0.3) is 0 Å². The molecule has 0 aliphatic carbocycles. The number of rotatable bonds is 6. The van der Waals surface area contributed by atoms with Crippen LogP contribution in [0.4, 0.5) is 0 Å². The largest absolute Gasteiger partial charge is 0.468 e. The molecule has 0 bridgehead atoms. The molecule has 0 radical (unpaired) electrons. The molecule has 0 saturated carbocycles. The van der Waals surface area contributed by atoms with Crippen molar-refractivity contribution in [2.24, 2.45) is 0 Å². The SMILES string of the molecule is CCSc1nnc(SCc2occc2C(=O)OC)s1. The van der Waals surface area contributed by atoms with E-state index in [0.717, 1.165) is 14.4 Å². The average Bonchev–Trinajstić information content (AvgIpc) is 3.04. The van der Waals surface area contributed by atoms with Gasteiger partial charge in [-0.25, -0.2) is 4.79 Å². The number of esters is 1. The molecule has 2 rings (SSSR count). The number of nitrogens with zero attached hydrogens (tertiary/aromatic N) is 2. The molecule has 2 heterocycles. The van der Waals surface area contributed by atoms with Gasteiger partial charge in [0.15, 0.2) is 8.68 Å². The number of thioether (sulfide) groups is 2. The van der Waals surface area contributed by atoms with Crippen LogP contribution in [-0.2, 0) is 10.5 Å². The number of hydrogen-bond acceptors (Lipinski definition) is 8. The number of ether oxygens (including phenoxy) is 1. The van der Waals surface area contributed by atoms with Crippen LogP contribution in [0.2, 0.25) is 0 Å². The highest BCUT2D eigenvalue weighted by Crippen LogP contribution is 2.31. The summed E-state index contributed by atoms with van der Waals surface area (Å²) in [4.78, 5) is 11.5. The minimum Gasteiger partial charge on any atom is -0.468 e. The Morgan fingerprint density at radius 1 is 1.42 bits per heavy atom. The highest BCUT2D eigenvalue weighted by atomic mass is 32.2. The lowest BCUT2D eigenvalue weighted by Gasteiger charge is -1.98. The van der Waals surface area contributed by atoms with Gasteiger partial charge >= 0.3 is 5.97 Å². The van der Waals surface area contributed by atoms with Crippen molar-refractivity contribution >= 4 is 40.8 Å². The van der Waals surface area contributed by atoms with Crippen molar-refractivity contribution in [3.8, 4) is 0 Å². The second-order valence-electron chi connectivity index (χ2n) is 3.30. The van der Waals surface area contributed by atoms with E-state index in [2.05, 4.69) is 21.9 Å². The van der Waals surface area contributed by atoms with E-state index in [4.69, 9.17) is 4.42 Å². The summed E-state index contributed by atoms with van der Waals surface area (Å²) in [6, 6.07) is 1.61. The van der Waals surface area contributed by atoms with E-state index in [-0.39, 0.29) is 5.97 Å². The summed E-state index contributed by atoms with van der Waals surface area (Å²) in [6.07, 6.45) is 1.49. The first kappa shape index (κ1) is 14.4. The molecular weight excluding hydrogens is 304 g/mol. The molecule has 0 fully saturated rings. The normalized spacial score (nSPS) is 10.6. The number of hydrogen-bond donors (Lipinski definition) is 0. The Hall–Kier alpha value is -0.990. The predicted octanol–water partition coefficient (Wildman–Crippen LogP) is 3.32. The minimum atomic E-state index is -0.385. The van der Waals surface area contributed by atoms with E-state index in [1.54, 1.807) is 29.2 Å². The van der Waals surface area contributed by atoms with Gasteiger partial charge in [0.05, 0.1) is 19.1 Å². The lowest BCUT2D eigenvalue weighted by atomic mass is 10.3. The summed E-state index contributed by atoms with van der Waals surface area (Å²) < 4.78 is 11.8. The van der Waals surface area contributed by atoms with E-state index in [0.29, 0.717) is 17.1 Å². The number of methoxy groups -OCH3 is 1. The number of carbonyl (C=O) groups excluding carboxylic acids is 1. The molecule has 102 valence electrons. The summed E-state index contributed by atoms with van der Waals surface area (Å²) in [7, 11) is 1.35. The molecule has 0 spiro atoms. The smallest absolute Gasteiger partial charge is 0.341 e. The fraction of sp³-hybridized carbons (Fsp3) is 0.364. The zero-order valence-electron chi connectivity index (χ0n) is 10.4. The fourth-order valence-electron chi connectivity index (χ4n) is 1.31. The lowest BCUT2D eigenvalue weighted by Crippen LogP contribution is -2.02. The first-order chi connectivity index (χ1) is 9.24. The van der Waals surface area contributed by atoms with E-state index in [9.17, 15) is 4.79 Å². The maximum absolute atomic E-state index is 11.5. The van der Waals surface area contributed by atoms with Gasteiger partial charge in [-0.3, -0.25) is 0 Å². The van der Waals surface area contributed by atoms with E-state index in [1.807, 2.05) is 0 Å². The summed E-state index contributed by atoms with van der Waals surface area (Å²) in [6.45, 7) is 2.07. The average molecular weight is 316 g/mol. The van der Waals surface area contributed by atoms with Crippen LogP contribution < -0.4 is 0 Å². The zero-order chi connectivity index (χ0) is 13.7. The van der Waals surface area contributed by atoms with Crippen LogP contribution in [0.1, 0.15) is 23.0 Å². The van der Waals surface area contributed by atoms with Gasteiger partial charge in [-0.05, 0) is 11.8 Å². The third kappa shape index (κ3) is 3.74. The van der Waals surface area contributed by atoms with E-state index < -0.39 is 0 Å². The molecular formula is C11H12N2O3S3. The van der Waals surface area contributed by atoms with Crippen LogP contribution in [0.5, 0.6) is 0 Å². The number of carbonyl (C=O) groups is 1. The summed E-state index contributed by atoms with van der Waals surface area (Å²) in [5.74, 6) is 1.72. The summed E-state index contributed by atoms with van der Waals surface area (Å²) in [5, 5.41) is 8.15. The molecule has 0 saturated heterocycles. The van der Waals surface area contributed by atoms with Crippen molar-refractivity contribution < 1.29 is 13.9 Å². The Morgan fingerprint density at radius 3 is 2.84 bits per heavy atom. The molecule has 0 aliphatic rings. The summed E-state index contributed by atoms with van der Waals surface area (Å²) in [5.41, 5.74) is 0.461. The van der Waals surface area contributed by atoms with Gasteiger partial charge in [0, 0.05) is 0 Å². The molecule has 0 aliphatic heterocycles. The van der Waals surface area contributed by atoms with Gasteiger partial charge in [0.25, 0.3) is 0 Å². The van der Waals surface area contributed by atoms with E-state index >= 15 is 0 Å². The van der Waals surface area contributed by atoms with Crippen molar-refractivity contribution in [2.45, 2.75) is 21.4 Å². The van der Waals surface area contributed by atoms with Gasteiger partial charge in [-0.1, -0.05) is 41.8 Å². The third-order valence-corrected chi connectivity index (χ3v) is 5.21. The molecule has 0 atom stereocenters. The van der Waals surface area contributed by atoms with E-state index in [1.165, 1.54) is 25.1 Å². The maximum atomic E-state index is 11.5. The second-order valence-corrected chi connectivity index (χ2v) is 7.02. The standard InChI is InChI=1S/C11H12N2O3S3/c1-3-17-10-12-13-11(19-10)18-6-8-7(4-5-16-8)9(14)15-2/h4-5H,3,6H2,1-2H3. The maximum Gasteiger partial charge on any atom is 0.341 e. The summed E-state index contributed by atoms with van der Waals surface area (Å²) >= 11 is 4.71. The predicted molar refractivity (Wildman–Crippen MR) is 75.9 cm³/mol. The van der Waals surface area contributed by atoms with Crippen molar-refractivity contribution in [1.29, 1.82) is 0 Å². The molecule has 5 nitrogen and oxygen atoms in total. The third-order valence-electron chi connectivity index (χ3n) is 2.13. The molecule has 19 heavy (non-hydrogen) atoms. The molecule has 0 unspecified atom stereocenters. The van der Waals surface area contributed by atoms with Crippen molar-refractivity contribution in [1.82, 2.24) is 10.2 Å². The number of furan rings is 1. The fourth-order valence-corrected chi connectivity index (χ4v) is 4.18. The number of aromatic nitrogens is 2. The Labute approximate surface area is 123 Å². The minimum absolute atomic E-state index is 0.385. The van der Waals surface area contributed by atoms with Crippen LogP contribution in [-0.4, -0.2) is 29.0 Å². The zero-order valence-corrected chi connectivity index (χ0v) is 12.9. The van der Waals surface area contributed by atoms with Crippen LogP contribution >= 0.6 is 34.9 Å². The Balaban J connectivity index is 1.98. The van der Waals surface area contributed by atoms with Crippen LogP contribution in [0.3, 0.4) is 0 Å². The highest BCUT2D eigenvalue weighted by molar-refractivity contribution is 8.02. The molecule has 8 heteroatoms. The van der Waals surface area contributed by atoms with Gasteiger partial charge in [0.1, 0.15) is 11.3 Å². The Morgan fingerprint density at radius 2 is 2.16 bits per heavy atom. The monoisotopic (exact) mass is 316 g/mol. The molecule has 2 aromatic rings. The first-order valence-corrected chi connectivity index (χ1v) is 8.27. The van der Waals surface area contributed by atoms with Crippen molar-refractivity contribution in [3.05, 3.63) is 23.7 Å². The van der Waals surface area contributed by atoms with Gasteiger partial charge in [-0.15, -0.1) is 10.2 Å². The van der Waals surface area contributed by atoms with Crippen LogP contribution in [0.15, 0.2) is 25.4 Å². The van der Waals surface area contributed by atoms with Gasteiger partial charge in [0.2, 0.25) is 0 Å². The van der Waals surface area contributed by atoms with Gasteiger partial charge in [-0.2, -0.15) is 0 Å². The molecule has 0 aromatic carbocycles. The van der Waals surface area contributed by atoms with Crippen LogP contribution in [0, 0.1) is 0 Å². The topological polar surface area (TPSA) is 65.2 Å².